The molecule has 0 amide bonds. The van der Waals surface area contributed by atoms with Crippen molar-refractivity contribution in [2.45, 2.75) is 0 Å². The minimum absolute atomic E-state index is 1.08. The maximum absolute atomic E-state index is 2.54. The number of rotatable bonds is 11. The summed E-state index contributed by atoms with van der Waals surface area (Å²) in [5.41, 5.74) is 18.3. The number of hydrogen-bond donors (Lipinski definition) is 0. The summed E-state index contributed by atoms with van der Waals surface area (Å²) >= 11 is 3.72. The van der Waals surface area contributed by atoms with E-state index in [1.807, 2.05) is 22.7 Å². The zero-order valence-electron chi connectivity index (χ0n) is 50.0. The molecule has 0 spiro atoms. The molecule has 0 saturated heterocycles. The van der Waals surface area contributed by atoms with Crippen molar-refractivity contribution in [3.05, 3.63) is 340 Å². The van der Waals surface area contributed by atoms with Gasteiger partial charge in [0.05, 0.1) is 11.4 Å². The molecule has 0 radical (unpaired) electrons. The summed E-state index contributed by atoms with van der Waals surface area (Å²) in [7, 11) is 0. The van der Waals surface area contributed by atoms with Gasteiger partial charge in [0.25, 0.3) is 0 Å². The zero-order valence-corrected chi connectivity index (χ0v) is 51.7. The van der Waals surface area contributed by atoms with Crippen LogP contribution in [0.5, 0.6) is 0 Å². The van der Waals surface area contributed by atoms with Gasteiger partial charge >= 0.3 is 0 Å². The highest BCUT2D eigenvalue weighted by atomic mass is 32.1. The van der Waals surface area contributed by atoms with Gasteiger partial charge in [0.15, 0.2) is 0 Å². The van der Waals surface area contributed by atoms with Gasteiger partial charge < -0.3 is 9.80 Å². The van der Waals surface area contributed by atoms with Crippen molar-refractivity contribution in [3.8, 4) is 55.6 Å². The van der Waals surface area contributed by atoms with Gasteiger partial charge in [-0.05, 0) is 156 Å². The van der Waals surface area contributed by atoms with Crippen molar-refractivity contribution >= 4 is 140 Å². The zero-order chi connectivity index (χ0) is 60.6. The largest absolute Gasteiger partial charge is 0.309 e. The SMILES string of the molecule is c1ccc(-c2cccc(N(c3ccc4sc5ccccc5c4c3)c3c(-c4ccccc4)c4cc(-c5cccc(-c6ccc(N(c7ccc8c(c7)sc7ccccc78)c7c(-c8ccccc8)c8ccccc8c8ccccc78)cc6)c5)ccc4c4ccccc34)c2)cc1. The molecule has 0 aliphatic rings. The summed E-state index contributed by atoms with van der Waals surface area (Å²) < 4.78 is 5.12. The molecule has 0 aliphatic carbocycles. The normalized spacial score (nSPS) is 11.7. The van der Waals surface area contributed by atoms with Crippen LogP contribution in [0.1, 0.15) is 0 Å². The van der Waals surface area contributed by atoms with E-state index in [2.05, 4.69) is 350 Å². The highest BCUT2D eigenvalue weighted by molar-refractivity contribution is 7.26. The van der Waals surface area contributed by atoms with E-state index in [1.165, 1.54) is 106 Å². The fraction of sp³-hybridized carbons (Fsp3) is 0. The molecule has 0 bridgehead atoms. The van der Waals surface area contributed by atoms with Crippen LogP contribution < -0.4 is 9.80 Å². The maximum Gasteiger partial charge on any atom is 0.0624 e. The van der Waals surface area contributed by atoms with Gasteiger partial charge in [-0.2, -0.15) is 0 Å². The van der Waals surface area contributed by atoms with Gasteiger partial charge in [0.2, 0.25) is 0 Å². The van der Waals surface area contributed by atoms with Crippen molar-refractivity contribution in [1.29, 1.82) is 0 Å². The third-order valence-corrected chi connectivity index (χ3v) is 20.9. The number of benzene rings is 16. The first-order valence-corrected chi connectivity index (χ1v) is 33.1. The Labute approximate surface area is 541 Å². The van der Waals surface area contributed by atoms with E-state index < -0.39 is 0 Å². The molecule has 4 heteroatoms. The highest BCUT2D eigenvalue weighted by Crippen LogP contribution is 2.54. The molecular weight excluding hydrogens is 1150 g/mol. The summed E-state index contributed by atoms with van der Waals surface area (Å²) in [4.78, 5) is 5.05. The van der Waals surface area contributed by atoms with E-state index in [1.54, 1.807) is 0 Å². The Bertz CT molecular complexity index is 5890. The van der Waals surface area contributed by atoms with Crippen molar-refractivity contribution in [2.24, 2.45) is 0 Å². The van der Waals surface area contributed by atoms with Crippen LogP contribution >= 0.6 is 22.7 Å². The maximum atomic E-state index is 2.54. The first-order chi connectivity index (χ1) is 45.6. The molecule has 16 aromatic carbocycles. The molecule has 2 aromatic heterocycles. The predicted molar refractivity (Wildman–Crippen MR) is 399 cm³/mol. The number of thiophene rings is 2. The van der Waals surface area contributed by atoms with E-state index >= 15 is 0 Å². The van der Waals surface area contributed by atoms with Crippen LogP contribution in [0.2, 0.25) is 0 Å². The molecule has 2 heterocycles. The van der Waals surface area contributed by atoms with Crippen LogP contribution in [0.25, 0.3) is 139 Å². The molecule has 0 saturated carbocycles. The molecule has 2 nitrogen and oxygen atoms in total. The van der Waals surface area contributed by atoms with Gasteiger partial charge in [-0.3, -0.25) is 0 Å². The summed E-state index contributed by atoms with van der Waals surface area (Å²) in [6, 6.07) is 126. The first kappa shape index (κ1) is 53.6. The lowest BCUT2D eigenvalue weighted by molar-refractivity contribution is 1.31. The summed E-state index contributed by atoms with van der Waals surface area (Å²) in [6.07, 6.45) is 0. The van der Waals surface area contributed by atoms with E-state index in [4.69, 9.17) is 0 Å². The van der Waals surface area contributed by atoms with Crippen molar-refractivity contribution < 1.29 is 0 Å². The Hall–Kier alpha value is -11.4. The fourth-order valence-electron chi connectivity index (χ4n) is 14.4. The molecule has 0 unspecified atom stereocenters. The summed E-state index contributed by atoms with van der Waals surface area (Å²) in [6.45, 7) is 0. The third kappa shape index (κ3) is 9.06. The number of nitrogens with zero attached hydrogens (tertiary/aromatic N) is 2. The Kier molecular flexibility index (Phi) is 13.0. The van der Waals surface area contributed by atoms with E-state index in [0.29, 0.717) is 0 Å². The molecule has 18 rings (SSSR count). The van der Waals surface area contributed by atoms with Crippen molar-refractivity contribution in [1.82, 2.24) is 0 Å². The molecular formula is C88H56N2S2. The fourth-order valence-corrected chi connectivity index (χ4v) is 16.6. The molecule has 430 valence electrons. The Morgan fingerprint density at radius 1 is 0.163 bits per heavy atom. The van der Waals surface area contributed by atoms with Gasteiger partial charge in [0, 0.05) is 85.0 Å². The molecule has 0 aliphatic heterocycles. The van der Waals surface area contributed by atoms with Crippen molar-refractivity contribution in [2.75, 3.05) is 9.80 Å². The summed E-state index contributed by atoms with van der Waals surface area (Å²) in [5.74, 6) is 0. The average molecular weight is 1210 g/mol. The van der Waals surface area contributed by atoms with Gasteiger partial charge in [0.1, 0.15) is 0 Å². The molecule has 92 heavy (non-hydrogen) atoms. The predicted octanol–water partition coefficient (Wildman–Crippen LogP) is 26.3. The van der Waals surface area contributed by atoms with Crippen molar-refractivity contribution in [3.63, 3.8) is 0 Å². The second-order valence-electron chi connectivity index (χ2n) is 23.8. The topological polar surface area (TPSA) is 6.48 Å². The second-order valence-corrected chi connectivity index (χ2v) is 26.0. The van der Waals surface area contributed by atoms with Gasteiger partial charge in [-0.1, -0.05) is 261 Å². The van der Waals surface area contributed by atoms with Gasteiger partial charge in [-0.15, -0.1) is 22.7 Å². The Balaban J connectivity index is 0.809. The van der Waals surface area contributed by atoms with E-state index in [-0.39, 0.29) is 0 Å². The van der Waals surface area contributed by atoms with Crippen LogP contribution in [0.4, 0.5) is 34.1 Å². The molecule has 0 fully saturated rings. The van der Waals surface area contributed by atoms with Crippen LogP contribution in [0, 0.1) is 0 Å². The van der Waals surface area contributed by atoms with Crippen LogP contribution in [0.15, 0.2) is 340 Å². The van der Waals surface area contributed by atoms with Gasteiger partial charge in [-0.25, -0.2) is 0 Å². The molecule has 0 N–H and O–H groups in total. The lowest BCUT2D eigenvalue weighted by Gasteiger charge is -2.31. The van der Waals surface area contributed by atoms with Crippen LogP contribution in [-0.2, 0) is 0 Å². The highest BCUT2D eigenvalue weighted by Gasteiger charge is 2.27. The number of fused-ring (bicyclic) bond motifs is 12. The van der Waals surface area contributed by atoms with E-state index in [9.17, 15) is 0 Å². The molecule has 18 aromatic rings. The Morgan fingerprint density at radius 2 is 0.522 bits per heavy atom. The number of hydrogen-bond acceptors (Lipinski definition) is 4. The minimum atomic E-state index is 1.08. The first-order valence-electron chi connectivity index (χ1n) is 31.5. The number of anilines is 6. The third-order valence-electron chi connectivity index (χ3n) is 18.6. The lowest BCUT2D eigenvalue weighted by atomic mass is 9.88. The molecule has 0 atom stereocenters. The Morgan fingerprint density at radius 3 is 1.16 bits per heavy atom. The van der Waals surface area contributed by atoms with Crippen LogP contribution in [0.3, 0.4) is 0 Å². The average Bonchev–Trinajstić information content (AvgIpc) is 0.936. The second kappa shape index (κ2) is 22.3. The minimum Gasteiger partial charge on any atom is -0.309 e. The smallest absolute Gasteiger partial charge is 0.0624 e. The van der Waals surface area contributed by atoms with E-state index in [0.717, 1.165) is 67.5 Å². The summed E-state index contributed by atoms with van der Waals surface area (Å²) in [5, 5.41) is 14.8. The standard InChI is InChI=1S/C88H56N2S2/c1-4-22-57(23-5-1)63-30-21-31-66(53-63)90(67-48-51-83-79(55-67)74-36-17-19-41-82(74)91-83)88-78-39-15-12-34-71(78)72-49-44-64(54-80(72)86(88)60-26-8-3-9-27-60)62-29-20-28-61(52-62)58-42-45-65(46-43-58)89(68-47-50-75-73-35-16-18-40-81(73)92-84(75)56-68)87-77-38-14-11-33-70(77)69-32-10-13-37-76(69)85(87)59-24-6-2-7-25-59/h1-56H. The quantitative estimate of drug-likeness (QED) is 0.119. The lowest BCUT2D eigenvalue weighted by Crippen LogP contribution is -2.12. The van der Waals surface area contributed by atoms with Crippen LogP contribution in [-0.4, -0.2) is 0 Å². The monoisotopic (exact) mass is 1200 g/mol.